The zero-order chi connectivity index (χ0) is 7.56. The smallest absolute Gasteiger partial charge is 0.312 e. The van der Waals surface area contributed by atoms with Crippen molar-refractivity contribution in [1.82, 2.24) is 5.32 Å². The number of primary amides is 1. The maximum Gasteiger partial charge on any atom is 0.312 e. The van der Waals surface area contributed by atoms with Crippen molar-refractivity contribution in [1.29, 1.82) is 0 Å². The summed E-state index contributed by atoms with van der Waals surface area (Å²) in [6, 6.07) is -0.663. The van der Waals surface area contributed by atoms with Crippen molar-refractivity contribution >= 4 is 6.03 Å². The number of hydrogen-bond acceptors (Lipinski definition) is 2. The van der Waals surface area contributed by atoms with Gasteiger partial charge in [-0.15, -0.1) is 0 Å². The Morgan fingerprint density at radius 3 is 2.70 bits per heavy atom. The van der Waals surface area contributed by atoms with Gasteiger partial charge in [-0.05, 0) is 19.3 Å². The van der Waals surface area contributed by atoms with Gasteiger partial charge in [0.25, 0.3) is 0 Å². The molecule has 58 valence electrons. The number of aliphatic hydroxyl groups excluding tert-OH is 1. The van der Waals surface area contributed by atoms with Gasteiger partial charge in [-0.3, -0.25) is 0 Å². The van der Waals surface area contributed by atoms with Crippen LogP contribution in [-0.4, -0.2) is 23.3 Å². The number of rotatable bonds is 1. The first-order valence-corrected chi connectivity index (χ1v) is 3.44. The van der Waals surface area contributed by atoms with Gasteiger partial charge >= 0.3 is 6.03 Å². The van der Waals surface area contributed by atoms with Crippen LogP contribution in [0.2, 0.25) is 0 Å². The molecule has 0 bridgehead atoms. The van der Waals surface area contributed by atoms with E-state index in [1.54, 1.807) is 0 Å². The summed E-state index contributed by atoms with van der Waals surface area (Å²) in [6.07, 6.45) is 2.17. The Kier molecular flexibility index (Phi) is 2.11. The van der Waals surface area contributed by atoms with Crippen molar-refractivity contribution < 1.29 is 9.90 Å². The van der Waals surface area contributed by atoms with Crippen LogP contribution in [-0.2, 0) is 0 Å². The highest BCUT2D eigenvalue weighted by Gasteiger charge is 2.25. The van der Waals surface area contributed by atoms with E-state index in [0.717, 1.165) is 19.3 Å². The van der Waals surface area contributed by atoms with Gasteiger partial charge in [0.2, 0.25) is 0 Å². The molecule has 2 atom stereocenters. The molecule has 4 nitrogen and oxygen atoms in total. The summed E-state index contributed by atoms with van der Waals surface area (Å²) in [5.41, 5.74) is 4.87. The quantitative estimate of drug-likeness (QED) is 0.467. The third kappa shape index (κ3) is 1.60. The minimum Gasteiger partial charge on any atom is -0.391 e. The predicted octanol–water partition coefficient (Wildman–Crippen LogP) is -0.432. The minimum absolute atomic E-state index is 0.113. The molecule has 10 heavy (non-hydrogen) atoms. The van der Waals surface area contributed by atoms with Gasteiger partial charge in [0.15, 0.2) is 0 Å². The van der Waals surface area contributed by atoms with Crippen LogP contribution >= 0.6 is 0 Å². The molecule has 0 aliphatic heterocycles. The van der Waals surface area contributed by atoms with E-state index < -0.39 is 12.1 Å². The van der Waals surface area contributed by atoms with Crippen LogP contribution < -0.4 is 11.1 Å². The molecule has 0 heterocycles. The van der Waals surface area contributed by atoms with Crippen molar-refractivity contribution in [3.8, 4) is 0 Å². The first kappa shape index (κ1) is 7.34. The Hall–Kier alpha value is -0.770. The van der Waals surface area contributed by atoms with E-state index in [-0.39, 0.29) is 6.04 Å². The van der Waals surface area contributed by atoms with Gasteiger partial charge in [0.1, 0.15) is 0 Å². The Balaban J connectivity index is 2.33. The van der Waals surface area contributed by atoms with Crippen molar-refractivity contribution in [2.75, 3.05) is 0 Å². The largest absolute Gasteiger partial charge is 0.391 e. The summed E-state index contributed by atoms with van der Waals surface area (Å²) in [6.45, 7) is 0. The highest BCUT2D eigenvalue weighted by atomic mass is 16.3. The third-order valence-electron chi connectivity index (χ3n) is 1.81. The fraction of sp³-hybridized carbons (Fsp3) is 0.833. The Morgan fingerprint density at radius 1 is 1.60 bits per heavy atom. The van der Waals surface area contributed by atoms with Crippen molar-refractivity contribution in [2.45, 2.75) is 31.4 Å². The average molecular weight is 144 g/mol. The lowest BCUT2D eigenvalue weighted by molar-refractivity contribution is 0.151. The molecule has 0 aromatic carbocycles. The number of aliphatic hydroxyl groups is 1. The number of nitrogens with one attached hydrogen (secondary N) is 1. The van der Waals surface area contributed by atoms with Crippen molar-refractivity contribution in [3.63, 3.8) is 0 Å². The van der Waals surface area contributed by atoms with E-state index in [9.17, 15) is 4.79 Å². The van der Waals surface area contributed by atoms with E-state index in [0.29, 0.717) is 0 Å². The lowest BCUT2D eigenvalue weighted by Gasteiger charge is -2.13. The van der Waals surface area contributed by atoms with Gasteiger partial charge in [-0.2, -0.15) is 0 Å². The number of urea groups is 1. The molecule has 1 aliphatic rings. The lowest BCUT2D eigenvalue weighted by atomic mass is 10.2. The molecular formula is C6H12N2O2. The Morgan fingerprint density at radius 2 is 2.30 bits per heavy atom. The summed E-state index contributed by atoms with van der Waals surface area (Å²) >= 11 is 0. The number of nitrogens with two attached hydrogens (primary N) is 1. The number of carbonyl (C=O) groups excluding carboxylic acids is 1. The second kappa shape index (κ2) is 2.88. The Bertz CT molecular complexity index is 138. The van der Waals surface area contributed by atoms with E-state index in [2.05, 4.69) is 5.32 Å². The standard InChI is InChI=1S/C6H12N2O2/c7-6(10)8-4-2-1-3-5(4)9/h4-5,9H,1-3H2,(H3,7,8,10). The summed E-state index contributed by atoms with van der Waals surface area (Å²) in [5, 5.41) is 11.6. The molecule has 0 aromatic heterocycles. The van der Waals surface area contributed by atoms with Gasteiger partial charge in [-0.25, -0.2) is 4.79 Å². The van der Waals surface area contributed by atoms with Crippen LogP contribution in [0, 0.1) is 0 Å². The predicted molar refractivity (Wildman–Crippen MR) is 36.4 cm³/mol. The average Bonchev–Trinajstić information content (AvgIpc) is 2.15. The second-order valence-corrected chi connectivity index (χ2v) is 2.61. The van der Waals surface area contributed by atoms with Crippen LogP contribution in [0.1, 0.15) is 19.3 Å². The molecular weight excluding hydrogens is 132 g/mol. The number of hydrogen-bond donors (Lipinski definition) is 3. The third-order valence-corrected chi connectivity index (χ3v) is 1.81. The van der Waals surface area contributed by atoms with E-state index in [4.69, 9.17) is 10.8 Å². The van der Waals surface area contributed by atoms with E-state index in [1.165, 1.54) is 0 Å². The SMILES string of the molecule is NC(=O)NC1CCCC1O. The fourth-order valence-electron chi connectivity index (χ4n) is 1.29. The van der Waals surface area contributed by atoms with Crippen LogP contribution in [0.4, 0.5) is 4.79 Å². The minimum atomic E-state index is -0.550. The molecule has 1 aliphatic carbocycles. The first-order valence-electron chi connectivity index (χ1n) is 3.44. The molecule has 0 spiro atoms. The van der Waals surface area contributed by atoms with E-state index >= 15 is 0 Å². The van der Waals surface area contributed by atoms with Gasteiger partial charge in [0, 0.05) is 0 Å². The topological polar surface area (TPSA) is 75.4 Å². The monoisotopic (exact) mass is 144 g/mol. The summed E-state index contributed by atoms with van der Waals surface area (Å²) in [4.78, 5) is 10.3. The summed E-state index contributed by atoms with van der Waals surface area (Å²) in [7, 11) is 0. The second-order valence-electron chi connectivity index (χ2n) is 2.61. The fourth-order valence-corrected chi connectivity index (χ4v) is 1.29. The van der Waals surface area contributed by atoms with Crippen LogP contribution in [0.15, 0.2) is 0 Å². The molecule has 0 radical (unpaired) electrons. The van der Waals surface area contributed by atoms with Crippen molar-refractivity contribution in [2.24, 2.45) is 5.73 Å². The molecule has 1 saturated carbocycles. The van der Waals surface area contributed by atoms with Crippen LogP contribution in [0.25, 0.3) is 0 Å². The Labute approximate surface area is 59.4 Å². The highest BCUT2D eigenvalue weighted by molar-refractivity contribution is 5.72. The normalized spacial score (nSPS) is 32.1. The molecule has 2 amide bonds. The molecule has 1 rings (SSSR count). The molecule has 0 aromatic rings. The lowest BCUT2D eigenvalue weighted by Crippen LogP contribution is -2.42. The highest BCUT2D eigenvalue weighted by Crippen LogP contribution is 2.18. The van der Waals surface area contributed by atoms with Gasteiger partial charge < -0.3 is 16.2 Å². The zero-order valence-electron chi connectivity index (χ0n) is 5.71. The molecule has 4 heteroatoms. The van der Waals surface area contributed by atoms with E-state index in [1.807, 2.05) is 0 Å². The number of amides is 2. The van der Waals surface area contributed by atoms with Crippen LogP contribution in [0.5, 0.6) is 0 Å². The summed E-state index contributed by atoms with van der Waals surface area (Å²) in [5.74, 6) is 0. The maximum absolute atomic E-state index is 10.3. The maximum atomic E-state index is 10.3. The molecule has 1 fully saturated rings. The first-order chi connectivity index (χ1) is 4.70. The van der Waals surface area contributed by atoms with Gasteiger partial charge in [-0.1, -0.05) is 0 Å². The summed E-state index contributed by atoms with van der Waals surface area (Å²) < 4.78 is 0. The van der Waals surface area contributed by atoms with Gasteiger partial charge in [0.05, 0.1) is 12.1 Å². The molecule has 2 unspecified atom stereocenters. The zero-order valence-corrected chi connectivity index (χ0v) is 5.71. The molecule has 0 saturated heterocycles. The molecule has 4 N–H and O–H groups in total. The van der Waals surface area contributed by atoms with Crippen molar-refractivity contribution in [3.05, 3.63) is 0 Å². The number of carbonyl (C=O) groups is 1. The van der Waals surface area contributed by atoms with Crippen LogP contribution in [0.3, 0.4) is 0 Å².